The Morgan fingerprint density at radius 1 is 1.67 bits per heavy atom. The van der Waals surface area contributed by atoms with E-state index in [0.717, 1.165) is 5.75 Å². The van der Waals surface area contributed by atoms with Crippen molar-refractivity contribution in [2.45, 2.75) is 9.96 Å². The minimum absolute atomic E-state index is 0.0867. The predicted molar refractivity (Wildman–Crippen MR) is 72.5 cm³/mol. The van der Waals surface area contributed by atoms with Gasteiger partial charge in [0.05, 0.1) is 22.9 Å². The van der Waals surface area contributed by atoms with E-state index in [1.165, 1.54) is 0 Å². The average molecular weight is 285 g/mol. The van der Waals surface area contributed by atoms with E-state index in [1.807, 2.05) is 4.57 Å². The fourth-order valence-electron chi connectivity index (χ4n) is 1.84. The van der Waals surface area contributed by atoms with Crippen LogP contribution in [0.5, 0.6) is 0 Å². The number of rotatable bonds is 2. The van der Waals surface area contributed by atoms with Crippen molar-refractivity contribution >= 4 is 40.6 Å². The van der Waals surface area contributed by atoms with Crippen molar-refractivity contribution in [1.82, 2.24) is 19.5 Å². The summed E-state index contributed by atoms with van der Waals surface area (Å²) in [5.41, 5.74) is 6.00. The summed E-state index contributed by atoms with van der Waals surface area (Å²) in [5, 5.41) is 9.24. The summed E-state index contributed by atoms with van der Waals surface area (Å²) < 4.78 is 2.00. The molecule has 2 aromatic rings. The Kier molecular flexibility index (Phi) is 2.96. The zero-order valence-electron chi connectivity index (χ0n) is 9.24. The number of hydrogen-bond acceptors (Lipinski definition) is 7. The summed E-state index contributed by atoms with van der Waals surface area (Å²) in [6, 6.07) is 0. The molecule has 0 radical (unpaired) electrons. The molecule has 3 heterocycles. The number of aliphatic hydroxyl groups is 1. The highest BCUT2D eigenvalue weighted by Crippen LogP contribution is 2.44. The number of nitrogens with two attached hydrogens (primary N) is 1. The molecule has 96 valence electrons. The number of nitrogens with zero attached hydrogens (tertiary/aromatic N) is 3. The largest absolute Gasteiger partial charge is 0.394 e. The molecule has 3 rings (SSSR count). The smallest absolute Gasteiger partial charge is 0.280 e. The Morgan fingerprint density at radius 3 is 3.22 bits per heavy atom. The number of H-pyrrole nitrogens is 1. The van der Waals surface area contributed by atoms with Gasteiger partial charge in [-0.3, -0.25) is 9.78 Å². The van der Waals surface area contributed by atoms with Gasteiger partial charge in [-0.25, -0.2) is 4.98 Å². The Hall–Kier alpha value is -1.19. The first-order chi connectivity index (χ1) is 8.69. The second-order valence-electron chi connectivity index (χ2n) is 3.81. The van der Waals surface area contributed by atoms with E-state index in [9.17, 15) is 4.79 Å². The van der Waals surface area contributed by atoms with Gasteiger partial charge < -0.3 is 15.4 Å². The molecule has 0 aliphatic carbocycles. The van der Waals surface area contributed by atoms with Crippen LogP contribution in [0.1, 0.15) is 5.37 Å². The van der Waals surface area contributed by atoms with Crippen molar-refractivity contribution in [3.63, 3.8) is 0 Å². The molecule has 0 unspecified atom stereocenters. The van der Waals surface area contributed by atoms with Crippen molar-refractivity contribution < 1.29 is 5.11 Å². The molecule has 1 aliphatic heterocycles. The van der Waals surface area contributed by atoms with E-state index in [-0.39, 0.29) is 28.1 Å². The normalized spacial score (nSPS) is 23.8. The van der Waals surface area contributed by atoms with Gasteiger partial charge in [-0.05, 0) is 0 Å². The lowest BCUT2D eigenvalue weighted by molar-refractivity contribution is 0.316. The molecule has 1 aliphatic rings. The van der Waals surface area contributed by atoms with Crippen LogP contribution in [0.3, 0.4) is 0 Å². The van der Waals surface area contributed by atoms with Crippen LogP contribution in [-0.2, 0) is 0 Å². The molecule has 0 aromatic carbocycles. The van der Waals surface area contributed by atoms with Gasteiger partial charge in [0.2, 0.25) is 5.95 Å². The fourth-order valence-corrected chi connectivity index (χ4v) is 4.69. The van der Waals surface area contributed by atoms with Crippen molar-refractivity contribution in [2.75, 3.05) is 18.1 Å². The molecule has 1 saturated heterocycles. The number of imidazole rings is 1. The minimum Gasteiger partial charge on any atom is -0.394 e. The first-order valence-corrected chi connectivity index (χ1v) is 7.28. The summed E-state index contributed by atoms with van der Waals surface area (Å²) in [6.45, 7) is 0.134. The number of aromatic nitrogens is 4. The average Bonchev–Trinajstić information content (AvgIpc) is 2.93. The van der Waals surface area contributed by atoms with Gasteiger partial charge in [0.25, 0.3) is 5.56 Å². The Bertz CT molecular complexity index is 639. The number of aromatic amines is 1. The van der Waals surface area contributed by atoms with Gasteiger partial charge in [0.1, 0.15) is 0 Å². The number of fused-ring (bicyclic) bond motifs is 1. The number of nitrogens with one attached hydrogen (secondary N) is 1. The molecule has 2 atom stereocenters. The van der Waals surface area contributed by atoms with Crippen molar-refractivity contribution in [3.8, 4) is 0 Å². The summed E-state index contributed by atoms with van der Waals surface area (Å²) in [7, 11) is 0. The second-order valence-corrected chi connectivity index (χ2v) is 6.73. The fraction of sp³-hybridized carbons (Fsp3) is 0.444. The maximum atomic E-state index is 11.6. The van der Waals surface area contributed by atoms with E-state index in [4.69, 9.17) is 10.8 Å². The van der Waals surface area contributed by atoms with Crippen molar-refractivity contribution in [3.05, 3.63) is 16.7 Å². The van der Waals surface area contributed by atoms with Crippen molar-refractivity contribution in [2.24, 2.45) is 0 Å². The third-order valence-corrected chi connectivity index (χ3v) is 5.79. The van der Waals surface area contributed by atoms with E-state index in [2.05, 4.69) is 15.0 Å². The van der Waals surface area contributed by atoms with Crippen LogP contribution in [0, 0.1) is 0 Å². The van der Waals surface area contributed by atoms with Gasteiger partial charge in [0, 0.05) is 5.75 Å². The molecule has 2 aromatic heterocycles. The number of thioether (sulfide) groups is 2. The summed E-state index contributed by atoms with van der Waals surface area (Å²) in [6.07, 6.45) is 1.60. The van der Waals surface area contributed by atoms with E-state index >= 15 is 0 Å². The molecule has 4 N–H and O–H groups in total. The quantitative estimate of drug-likeness (QED) is 0.712. The Morgan fingerprint density at radius 2 is 2.50 bits per heavy atom. The third kappa shape index (κ3) is 1.88. The summed E-state index contributed by atoms with van der Waals surface area (Å²) in [5.74, 6) is 0.930. The summed E-state index contributed by atoms with van der Waals surface area (Å²) >= 11 is 3.32. The molecule has 0 bridgehead atoms. The molecule has 0 amide bonds. The Balaban J connectivity index is 2.05. The number of anilines is 1. The van der Waals surface area contributed by atoms with E-state index in [0.29, 0.717) is 11.2 Å². The van der Waals surface area contributed by atoms with E-state index < -0.39 is 0 Å². The zero-order valence-corrected chi connectivity index (χ0v) is 10.9. The van der Waals surface area contributed by atoms with E-state index in [1.54, 1.807) is 29.9 Å². The standard InChI is InChI=1S/C9H11N5O2S2/c10-9-12-7-6(8(16)13-9)11-3-14(7)4-2-17-5(1-15)18-4/h3-5,15H,1-2H2,(H3,10,12,13,16)/t4-,5-/m1/s1. The van der Waals surface area contributed by atoms with Crippen molar-refractivity contribution in [1.29, 1.82) is 0 Å². The maximum Gasteiger partial charge on any atom is 0.280 e. The van der Waals surface area contributed by atoms with Crippen LogP contribution in [0.15, 0.2) is 11.1 Å². The van der Waals surface area contributed by atoms with Crippen LogP contribution in [0.2, 0.25) is 0 Å². The van der Waals surface area contributed by atoms with Crippen LogP contribution in [0.25, 0.3) is 11.2 Å². The lowest BCUT2D eigenvalue weighted by atomic mass is 10.5. The number of nitrogen functional groups attached to an aromatic ring is 1. The highest BCUT2D eigenvalue weighted by Gasteiger charge is 2.28. The lowest BCUT2D eigenvalue weighted by Gasteiger charge is -2.11. The molecule has 1 fully saturated rings. The molecule has 0 spiro atoms. The molecular weight excluding hydrogens is 274 g/mol. The SMILES string of the molecule is Nc1nc2c(ncn2[C@H]2CS[C@@H](CO)S2)c(=O)[nH]1. The zero-order chi connectivity index (χ0) is 12.7. The maximum absolute atomic E-state index is 11.6. The highest BCUT2D eigenvalue weighted by atomic mass is 32.2. The van der Waals surface area contributed by atoms with Crippen LogP contribution in [-0.4, -0.2) is 41.6 Å². The topological polar surface area (TPSA) is 110 Å². The summed E-state index contributed by atoms with van der Waals surface area (Å²) in [4.78, 5) is 22.3. The van der Waals surface area contributed by atoms with Gasteiger partial charge in [-0.15, -0.1) is 23.5 Å². The highest BCUT2D eigenvalue weighted by molar-refractivity contribution is 8.20. The van der Waals surface area contributed by atoms with Crippen LogP contribution < -0.4 is 11.3 Å². The minimum atomic E-state index is -0.328. The number of aliphatic hydroxyl groups excluding tert-OH is 1. The first kappa shape index (κ1) is 11.9. The monoisotopic (exact) mass is 285 g/mol. The Labute approximate surface area is 110 Å². The first-order valence-electron chi connectivity index (χ1n) is 5.29. The van der Waals surface area contributed by atoms with Gasteiger partial charge >= 0.3 is 0 Å². The number of hydrogen-bond donors (Lipinski definition) is 3. The van der Waals surface area contributed by atoms with Gasteiger partial charge in [0.15, 0.2) is 11.2 Å². The molecule has 0 saturated carbocycles. The molecular formula is C9H11N5O2S2. The van der Waals surface area contributed by atoms with Crippen LogP contribution >= 0.6 is 23.5 Å². The van der Waals surface area contributed by atoms with Gasteiger partial charge in [-0.2, -0.15) is 4.98 Å². The predicted octanol–water partition coefficient (Wildman–Crippen LogP) is -0.00120. The van der Waals surface area contributed by atoms with Gasteiger partial charge in [-0.1, -0.05) is 0 Å². The molecule has 7 nitrogen and oxygen atoms in total. The molecule has 9 heteroatoms. The lowest BCUT2D eigenvalue weighted by Crippen LogP contribution is -2.13. The van der Waals surface area contributed by atoms with Crippen LogP contribution in [0.4, 0.5) is 5.95 Å². The molecule has 18 heavy (non-hydrogen) atoms. The third-order valence-electron chi connectivity index (χ3n) is 2.64. The second kappa shape index (κ2) is 4.48.